The molecule has 81 heavy (non-hydrogen) atoms. The molecule has 470 valence electrons. The number of hydrogen-bond donors (Lipinski definition) is 9. The Kier molecular flexibility index (Phi) is 47.7. The second-order valence-corrected chi connectivity index (χ2v) is 22.9. The molecule has 1 amide bonds. The first kappa shape index (κ1) is 74.5. The zero-order valence-corrected chi connectivity index (χ0v) is 50.8. The van der Waals surface area contributed by atoms with Crippen molar-refractivity contribution in [3.63, 3.8) is 0 Å². The minimum atomic E-state index is -1.80. The number of aliphatic hydroxyl groups is 8. The molecule has 0 aromatic rings. The second kappa shape index (κ2) is 51.8. The Morgan fingerprint density at radius 3 is 1.32 bits per heavy atom. The number of unbranched alkanes of at least 4 members (excludes halogenated alkanes) is 29. The molecule has 2 fully saturated rings. The van der Waals surface area contributed by atoms with E-state index < -0.39 is 86.8 Å². The Morgan fingerprint density at radius 1 is 0.444 bits per heavy atom. The van der Waals surface area contributed by atoms with E-state index in [1.165, 1.54) is 141 Å². The van der Waals surface area contributed by atoms with Crippen molar-refractivity contribution >= 4 is 5.91 Å². The number of carbonyl (C=O) groups is 1. The smallest absolute Gasteiger partial charge is 0.220 e. The molecular weight excluding hydrogens is 1030 g/mol. The molecule has 2 rings (SSSR count). The molecule has 2 aliphatic heterocycles. The normalized spacial score (nSPS) is 24.6. The molecule has 12 atom stereocenters. The van der Waals surface area contributed by atoms with Crippen LogP contribution in [-0.2, 0) is 23.7 Å². The molecule has 2 heterocycles. The molecule has 0 saturated carbocycles. The maximum atomic E-state index is 13.3. The molecule has 0 aromatic heterocycles. The Bertz CT molecular complexity index is 1630. The van der Waals surface area contributed by atoms with Gasteiger partial charge in [-0.15, -0.1) is 0 Å². The van der Waals surface area contributed by atoms with Crippen molar-refractivity contribution in [2.75, 3.05) is 19.8 Å². The molecule has 0 aliphatic carbocycles. The fraction of sp³-hybridized carbons (Fsp3) is 0.806. The highest BCUT2D eigenvalue weighted by molar-refractivity contribution is 5.76. The minimum Gasteiger partial charge on any atom is -0.394 e. The Hall–Kier alpha value is -2.57. The van der Waals surface area contributed by atoms with E-state index >= 15 is 0 Å². The summed E-state index contributed by atoms with van der Waals surface area (Å²) in [6.07, 6.45) is 52.4. The largest absolute Gasteiger partial charge is 0.394 e. The number of amides is 1. The lowest BCUT2D eigenvalue weighted by molar-refractivity contribution is -0.359. The lowest BCUT2D eigenvalue weighted by atomic mass is 9.97. The van der Waals surface area contributed by atoms with E-state index in [0.29, 0.717) is 12.8 Å². The molecule has 9 N–H and O–H groups in total. The summed E-state index contributed by atoms with van der Waals surface area (Å²) in [5.41, 5.74) is 0. The molecule has 14 heteroatoms. The van der Waals surface area contributed by atoms with Crippen LogP contribution in [0.1, 0.15) is 251 Å². The van der Waals surface area contributed by atoms with Gasteiger partial charge in [-0.05, 0) is 83.5 Å². The summed E-state index contributed by atoms with van der Waals surface area (Å²) < 4.78 is 22.8. The highest BCUT2D eigenvalue weighted by atomic mass is 16.7. The van der Waals surface area contributed by atoms with Crippen LogP contribution in [0.4, 0.5) is 0 Å². The van der Waals surface area contributed by atoms with Gasteiger partial charge in [0.2, 0.25) is 5.91 Å². The lowest BCUT2D eigenvalue weighted by Crippen LogP contribution is -2.65. The summed E-state index contributed by atoms with van der Waals surface area (Å²) in [4.78, 5) is 13.3. The van der Waals surface area contributed by atoms with Crippen molar-refractivity contribution in [1.82, 2.24) is 5.32 Å². The summed E-state index contributed by atoms with van der Waals surface area (Å²) in [5.74, 6) is -0.267. The van der Waals surface area contributed by atoms with Gasteiger partial charge in [-0.1, -0.05) is 234 Å². The predicted octanol–water partition coefficient (Wildman–Crippen LogP) is 12.3. The summed E-state index contributed by atoms with van der Waals surface area (Å²) in [5, 5.41) is 87.2. The number of ether oxygens (including phenoxy) is 4. The fourth-order valence-corrected chi connectivity index (χ4v) is 10.3. The lowest BCUT2D eigenvalue weighted by Gasteiger charge is -2.46. The average molecular weight is 1150 g/mol. The predicted molar refractivity (Wildman–Crippen MR) is 327 cm³/mol. The third-order valence-corrected chi connectivity index (χ3v) is 15.6. The van der Waals surface area contributed by atoms with Gasteiger partial charge in [0.1, 0.15) is 48.8 Å². The first-order chi connectivity index (χ1) is 39.6. The number of carbonyl (C=O) groups excluding carboxylic acids is 1. The van der Waals surface area contributed by atoms with Gasteiger partial charge in [0.25, 0.3) is 0 Å². The molecule has 0 radical (unpaired) electrons. The Balaban J connectivity index is 1.75. The van der Waals surface area contributed by atoms with E-state index in [-0.39, 0.29) is 18.9 Å². The van der Waals surface area contributed by atoms with Gasteiger partial charge in [-0.25, -0.2) is 0 Å². The molecule has 0 spiro atoms. The van der Waals surface area contributed by atoms with E-state index in [0.717, 1.165) is 77.0 Å². The topological polar surface area (TPSA) is 228 Å². The SMILES string of the molecule is CCCCC/C=C\C/C=C\C/C=C\CCCCCCCCC(=O)NC(COC1OC(CO)C(OC2OC(CO)C(O)C(O)C2O)C(O)C1O)C(O)/C=C/CC/C=C/CC/C=C/CCCCCCCCCCCCCCCCCCCC. The van der Waals surface area contributed by atoms with E-state index in [9.17, 15) is 45.6 Å². The van der Waals surface area contributed by atoms with E-state index in [2.05, 4.69) is 79.9 Å². The van der Waals surface area contributed by atoms with Gasteiger partial charge in [0, 0.05) is 6.42 Å². The average Bonchev–Trinajstić information content (AvgIpc) is 3.63. The summed E-state index contributed by atoms with van der Waals surface area (Å²) >= 11 is 0. The standard InChI is InChI=1S/C67H119NO13/c1-3-5-7-9-11-13-15-17-19-21-23-24-25-26-27-28-29-30-31-33-34-36-38-40-42-44-46-48-50-56(71)55(68-59(72)51-49-47-45-43-41-39-37-35-32-22-20-18-16-14-12-10-8-6-4-2)54-78-66-64(77)62(75)65(58(53-70)80-66)81-67-63(76)61(74)60(73)57(52-69)79-67/h12,14,18,20,32-35,40,42,48,50,55-58,60-67,69-71,73-77H,3-11,13,15-17,19,21-31,36-39,41,43-47,49,51-54H2,1-2H3,(H,68,72)/b14-12-,20-18-,34-33+,35-32-,42-40+,50-48+. The van der Waals surface area contributed by atoms with Crippen molar-refractivity contribution in [1.29, 1.82) is 0 Å². The van der Waals surface area contributed by atoms with Gasteiger partial charge in [0.05, 0.1) is 32.0 Å². The third-order valence-electron chi connectivity index (χ3n) is 15.6. The van der Waals surface area contributed by atoms with Crippen LogP contribution in [0, 0.1) is 0 Å². The number of allylic oxidation sites excluding steroid dienone is 11. The molecule has 14 nitrogen and oxygen atoms in total. The van der Waals surface area contributed by atoms with E-state index in [1.54, 1.807) is 6.08 Å². The summed E-state index contributed by atoms with van der Waals surface area (Å²) in [6.45, 7) is 2.75. The number of hydrogen-bond acceptors (Lipinski definition) is 13. The van der Waals surface area contributed by atoms with Crippen LogP contribution in [-0.4, -0.2) is 140 Å². The van der Waals surface area contributed by atoms with Gasteiger partial charge >= 0.3 is 0 Å². The molecule has 0 bridgehead atoms. The van der Waals surface area contributed by atoms with Gasteiger partial charge < -0.3 is 65.1 Å². The minimum absolute atomic E-state index is 0.252. The van der Waals surface area contributed by atoms with E-state index in [1.807, 2.05) is 6.08 Å². The number of rotatable bonds is 52. The van der Waals surface area contributed by atoms with Gasteiger partial charge in [0.15, 0.2) is 12.6 Å². The van der Waals surface area contributed by atoms with Gasteiger partial charge in [-0.2, -0.15) is 0 Å². The molecule has 2 aliphatic rings. The monoisotopic (exact) mass is 1150 g/mol. The van der Waals surface area contributed by atoms with Crippen molar-refractivity contribution in [3.05, 3.63) is 72.9 Å². The number of nitrogens with one attached hydrogen (secondary N) is 1. The summed E-state index contributed by atoms with van der Waals surface area (Å²) in [7, 11) is 0. The molecule has 2 saturated heterocycles. The van der Waals surface area contributed by atoms with Crippen molar-refractivity contribution in [3.8, 4) is 0 Å². The quantitative estimate of drug-likeness (QED) is 0.0204. The Labute approximate surface area is 491 Å². The zero-order valence-electron chi connectivity index (χ0n) is 50.8. The van der Waals surface area contributed by atoms with Gasteiger partial charge in [-0.3, -0.25) is 4.79 Å². The van der Waals surface area contributed by atoms with Crippen LogP contribution in [0.25, 0.3) is 0 Å². The fourth-order valence-electron chi connectivity index (χ4n) is 10.3. The first-order valence-electron chi connectivity index (χ1n) is 32.7. The highest BCUT2D eigenvalue weighted by Crippen LogP contribution is 2.30. The van der Waals surface area contributed by atoms with Crippen molar-refractivity contribution in [2.45, 2.75) is 325 Å². The highest BCUT2D eigenvalue weighted by Gasteiger charge is 2.51. The zero-order chi connectivity index (χ0) is 58.8. The summed E-state index contributed by atoms with van der Waals surface area (Å²) in [6, 6.07) is -0.950. The second-order valence-electron chi connectivity index (χ2n) is 22.9. The number of aliphatic hydroxyl groups excluding tert-OH is 8. The van der Waals surface area contributed by atoms with Crippen molar-refractivity contribution < 1.29 is 64.6 Å². The van der Waals surface area contributed by atoms with Crippen LogP contribution in [0.3, 0.4) is 0 Å². The van der Waals surface area contributed by atoms with Crippen LogP contribution in [0.2, 0.25) is 0 Å². The molecule has 0 aromatic carbocycles. The molecule has 12 unspecified atom stereocenters. The maximum absolute atomic E-state index is 13.3. The maximum Gasteiger partial charge on any atom is 0.220 e. The van der Waals surface area contributed by atoms with Crippen LogP contribution >= 0.6 is 0 Å². The van der Waals surface area contributed by atoms with Crippen LogP contribution in [0.5, 0.6) is 0 Å². The third kappa shape index (κ3) is 36.8. The Morgan fingerprint density at radius 2 is 0.827 bits per heavy atom. The van der Waals surface area contributed by atoms with Crippen LogP contribution < -0.4 is 5.32 Å². The molecular formula is C67H119NO13. The first-order valence-corrected chi connectivity index (χ1v) is 32.7. The van der Waals surface area contributed by atoms with Crippen molar-refractivity contribution in [2.24, 2.45) is 0 Å². The van der Waals surface area contributed by atoms with E-state index in [4.69, 9.17) is 18.9 Å². The van der Waals surface area contributed by atoms with Crippen LogP contribution in [0.15, 0.2) is 72.9 Å².